The van der Waals surface area contributed by atoms with Crippen molar-refractivity contribution in [3.8, 4) is 0 Å². The largest absolute Gasteiger partial charge is 0.480 e. The standard InChI is InChI=1S/C47H78NO10P/c1-3-5-7-9-11-13-15-17-19-21-22-23-24-26-28-30-32-34-36-38-45(50)48-44(47(52)53)42-58-59(54,55)57-41-43(49)40-56-46(51)39-37-35-33-31-29-27-25-20-18-16-14-12-10-8-6-4-2/h5,7,11,13,17,19-20,22-23,25-26,28,32,34,43-44,49H,3-4,6,8-10,12,14-16,18,21,24,27,29-31,33,35-42H2,1-2H3,(H,48,50)(H,52,53)(H,54,55)/b7-5-,13-11-,19-17-,23-22-,25-20-,28-26-,34-32-. The molecule has 0 rings (SSSR count). The third-order valence-corrected chi connectivity index (χ3v) is 9.88. The number of aliphatic hydroxyl groups excluding tert-OH is 1. The van der Waals surface area contributed by atoms with Crippen molar-refractivity contribution in [2.24, 2.45) is 0 Å². The molecule has 59 heavy (non-hydrogen) atoms. The van der Waals surface area contributed by atoms with Crippen molar-refractivity contribution >= 4 is 25.7 Å². The number of hydrogen-bond donors (Lipinski definition) is 4. The molecule has 1 amide bonds. The first-order valence-electron chi connectivity index (χ1n) is 22.1. The molecular weight excluding hydrogens is 769 g/mol. The summed E-state index contributed by atoms with van der Waals surface area (Å²) >= 11 is 0. The number of phosphoric acid groups is 1. The lowest BCUT2D eigenvalue weighted by molar-refractivity contribution is -0.147. The number of phosphoric ester groups is 1. The number of allylic oxidation sites excluding steroid dienone is 14. The Morgan fingerprint density at radius 3 is 1.51 bits per heavy atom. The summed E-state index contributed by atoms with van der Waals surface area (Å²) < 4.78 is 26.8. The van der Waals surface area contributed by atoms with E-state index < -0.39 is 57.6 Å². The van der Waals surface area contributed by atoms with Gasteiger partial charge in [0.15, 0.2) is 6.04 Å². The molecule has 0 aromatic rings. The summed E-state index contributed by atoms with van der Waals surface area (Å²) in [6.45, 7) is 2.40. The van der Waals surface area contributed by atoms with Crippen LogP contribution < -0.4 is 5.32 Å². The number of carboxylic acid groups (broad SMARTS) is 1. The highest BCUT2D eigenvalue weighted by atomic mass is 31.2. The molecule has 0 aromatic heterocycles. The van der Waals surface area contributed by atoms with Gasteiger partial charge >= 0.3 is 19.8 Å². The van der Waals surface area contributed by atoms with Gasteiger partial charge in [0.05, 0.1) is 13.2 Å². The minimum atomic E-state index is -4.78. The van der Waals surface area contributed by atoms with Gasteiger partial charge in [0, 0.05) is 12.8 Å². The first kappa shape index (κ1) is 55.7. The fourth-order valence-corrected chi connectivity index (χ4v) is 6.28. The summed E-state index contributed by atoms with van der Waals surface area (Å²) in [5.41, 5.74) is 0. The molecule has 0 radical (unpaired) electrons. The lowest BCUT2D eigenvalue weighted by atomic mass is 10.1. The zero-order chi connectivity index (χ0) is 43.5. The second-order valence-electron chi connectivity index (χ2n) is 14.5. The molecule has 0 aromatic carbocycles. The molecule has 4 N–H and O–H groups in total. The molecule has 0 fully saturated rings. The summed E-state index contributed by atoms with van der Waals surface area (Å²) in [6, 6.07) is -1.59. The summed E-state index contributed by atoms with van der Waals surface area (Å²) in [5, 5.41) is 21.8. The molecule has 3 atom stereocenters. The third-order valence-electron chi connectivity index (χ3n) is 8.93. The van der Waals surface area contributed by atoms with Crippen LogP contribution in [0.15, 0.2) is 85.1 Å². The average Bonchev–Trinajstić information content (AvgIpc) is 3.21. The van der Waals surface area contributed by atoms with Crippen molar-refractivity contribution < 1.29 is 47.8 Å². The molecule has 336 valence electrons. The summed E-state index contributed by atoms with van der Waals surface area (Å²) in [7, 11) is -4.78. The molecule has 0 spiro atoms. The van der Waals surface area contributed by atoms with E-state index in [9.17, 15) is 34.1 Å². The van der Waals surface area contributed by atoms with Gasteiger partial charge in [0.1, 0.15) is 12.7 Å². The van der Waals surface area contributed by atoms with Crippen molar-refractivity contribution in [1.82, 2.24) is 5.32 Å². The SMILES string of the molecule is CC/C=C\C/C=C\C/C=C\C/C=C\C/C=C\C/C=C\CCC(=O)NC(COP(=O)(O)OCC(O)COC(=O)CCCCCCC/C=C\CCCCCCCCC)C(=O)O. The maximum absolute atomic E-state index is 12.3. The number of aliphatic carboxylic acids is 1. The van der Waals surface area contributed by atoms with Gasteiger partial charge < -0.3 is 25.2 Å². The van der Waals surface area contributed by atoms with Gasteiger partial charge in [-0.15, -0.1) is 0 Å². The Kier molecular flexibility index (Phi) is 39.1. The number of carbonyl (C=O) groups is 3. The molecule has 0 heterocycles. The lowest BCUT2D eigenvalue weighted by Crippen LogP contribution is -2.43. The number of aliphatic hydroxyl groups is 1. The minimum Gasteiger partial charge on any atom is -0.480 e. The number of hydrogen-bond acceptors (Lipinski definition) is 8. The van der Waals surface area contributed by atoms with Crippen LogP contribution in [-0.2, 0) is 32.7 Å². The molecule has 0 aliphatic carbocycles. The monoisotopic (exact) mass is 848 g/mol. The van der Waals surface area contributed by atoms with Crippen molar-refractivity contribution in [3.63, 3.8) is 0 Å². The highest BCUT2D eigenvalue weighted by Crippen LogP contribution is 2.43. The van der Waals surface area contributed by atoms with Gasteiger partial charge in [-0.05, 0) is 77.0 Å². The van der Waals surface area contributed by atoms with Crippen molar-refractivity contribution in [2.75, 3.05) is 19.8 Å². The normalized spacial score (nSPS) is 14.5. The van der Waals surface area contributed by atoms with E-state index in [4.69, 9.17) is 13.8 Å². The quantitative estimate of drug-likeness (QED) is 0.0201. The number of carbonyl (C=O) groups excluding carboxylic acids is 2. The highest BCUT2D eigenvalue weighted by Gasteiger charge is 2.28. The first-order chi connectivity index (χ1) is 28.6. The van der Waals surface area contributed by atoms with Crippen LogP contribution in [0.4, 0.5) is 0 Å². The number of nitrogens with one attached hydrogen (secondary N) is 1. The Bertz CT molecular complexity index is 1320. The summed E-state index contributed by atoms with van der Waals surface area (Å²) in [6.07, 6.45) is 50.5. The Hall–Kier alpha value is -3.34. The average molecular weight is 848 g/mol. The van der Waals surface area contributed by atoms with Crippen LogP contribution in [0.5, 0.6) is 0 Å². The van der Waals surface area contributed by atoms with Gasteiger partial charge in [0.2, 0.25) is 5.91 Å². The van der Waals surface area contributed by atoms with Crippen LogP contribution in [0.2, 0.25) is 0 Å². The zero-order valence-electron chi connectivity index (χ0n) is 36.3. The number of amides is 1. The fraction of sp³-hybridized carbons (Fsp3) is 0.638. The van der Waals surface area contributed by atoms with E-state index in [0.717, 1.165) is 70.6 Å². The van der Waals surface area contributed by atoms with Gasteiger partial charge in [-0.1, -0.05) is 157 Å². The molecule has 12 heteroatoms. The molecule has 0 aliphatic heterocycles. The Morgan fingerprint density at radius 1 is 0.559 bits per heavy atom. The van der Waals surface area contributed by atoms with Gasteiger partial charge in [-0.2, -0.15) is 0 Å². The zero-order valence-corrected chi connectivity index (χ0v) is 37.2. The maximum Gasteiger partial charge on any atom is 0.472 e. The molecule has 0 saturated carbocycles. The Balaban J connectivity index is 4.04. The van der Waals surface area contributed by atoms with Crippen LogP contribution in [-0.4, -0.2) is 64.9 Å². The topological polar surface area (TPSA) is 169 Å². The van der Waals surface area contributed by atoms with E-state index in [0.29, 0.717) is 19.3 Å². The van der Waals surface area contributed by atoms with Crippen LogP contribution in [0.1, 0.15) is 162 Å². The number of rotatable bonds is 40. The van der Waals surface area contributed by atoms with Crippen LogP contribution >= 0.6 is 7.82 Å². The number of esters is 1. The number of ether oxygens (including phenoxy) is 1. The van der Waals surface area contributed by atoms with Gasteiger partial charge in [-0.3, -0.25) is 18.6 Å². The second-order valence-corrected chi connectivity index (χ2v) is 16.0. The maximum atomic E-state index is 12.3. The number of unbranched alkanes of at least 4 members (excludes halogenated alkanes) is 12. The Labute approximate surface area is 356 Å². The molecular formula is C47H78NO10P. The number of carboxylic acids is 1. The van der Waals surface area contributed by atoms with Crippen LogP contribution in [0.25, 0.3) is 0 Å². The van der Waals surface area contributed by atoms with E-state index in [1.807, 2.05) is 18.2 Å². The van der Waals surface area contributed by atoms with E-state index in [2.05, 4.69) is 86.0 Å². The van der Waals surface area contributed by atoms with E-state index in [1.165, 1.54) is 44.9 Å². The highest BCUT2D eigenvalue weighted by molar-refractivity contribution is 7.47. The predicted octanol–water partition coefficient (Wildman–Crippen LogP) is 11.5. The smallest absolute Gasteiger partial charge is 0.472 e. The van der Waals surface area contributed by atoms with Crippen molar-refractivity contribution in [3.05, 3.63) is 85.1 Å². The van der Waals surface area contributed by atoms with Crippen molar-refractivity contribution in [1.29, 1.82) is 0 Å². The van der Waals surface area contributed by atoms with Crippen LogP contribution in [0, 0.1) is 0 Å². The third kappa shape index (κ3) is 41.2. The molecule has 0 aliphatic rings. The summed E-state index contributed by atoms with van der Waals surface area (Å²) in [5.74, 6) is -2.51. The molecule has 0 bridgehead atoms. The van der Waals surface area contributed by atoms with Gasteiger partial charge in [-0.25, -0.2) is 9.36 Å². The molecule has 3 unspecified atom stereocenters. The lowest BCUT2D eigenvalue weighted by Gasteiger charge is -2.18. The molecule has 0 saturated heterocycles. The van der Waals surface area contributed by atoms with Gasteiger partial charge in [0.25, 0.3) is 0 Å². The van der Waals surface area contributed by atoms with Crippen molar-refractivity contribution in [2.45, 2.75) is 174 Å². The Morgan fingerprint density at radius 2 is 1.00 bits per heavy atom. The van der Waals surface area contributed by atoms with Crippen LogP contribution in [0.3, 0.4) is 0 Å². The molecule has 11 nitrogen and oxygen atoms in total. The van der Waals surface area contributed by atoms with E-state index in [-0.39, 0.29) is 12.8 Å². The summed E-state index contributed by atoms with van der Waals surface area (Å²) in [4.78, 5) is 45.9. The predicted molar refractivity (Wildman–Crippen MR) is 240 cm³/mol. The second kappa shape index (κ2) is 41.4. The fourth-order valence-electron chi connectivity index (χ4n) is 5.51. The van der Waals surface area contributed by atoms with E-state index in [1.54, 1.807) is 0 Å². The minimum absolute atomic E-state index is 0.0153. The van der Waals surface area contributed by atoms with E-state index >= 15 is 0 Å². The first-order valence-corrected chi connectivity index (χ1v) is 23.6.